The molecule has 3 N–H and O–H groups in total. The van der Waals surface area contributed by atoms with Gasteiger partial charge in [0.1, 0.15) is 5.75 Å². The number of amides is 1. The van der Waals surface area contributed by atoms with Crippen LogP contribution in [0.15, 0.2) is 24.3 Å². The van der Waals surface area contributed by atoms with Gasteiger partial charge in [-0.05, 0) is 24.5 Å². The molecule has 1 aromatic carbocycles. The summed E-state index contributed by atoms with van der Waals surface area (Å²) in [5.74, 6) is -1.17. The normalized spacial score (nSPS) is 11.8. The molecule has 0 aliphatic rings. The molecule has 1 amide bonds. The minimum absolute atomic E-state index is 0.0619. The number of nitrogens with one attached hydrogen (secondary N) is 1. The van der Waals surface area contributed by atoms with Crippen LogP contribution in [0.1, 0.15) is 30.1 Å². The number of hydrogen-bond donors (Lipinski definition) is 3. The molecular formula is C13H17NO4. The van der Waals surface area contributed by atoms with Crippen molar-refractivity contribution in [3.63, 3.8) is 0 Å². The van der Waals surface area contributed by atoms with E-state index >= 15 is 0 Å². The minimum atomic E-state index is -0.839. The lowest BCUT2D eigenvalue weighted by molar-refractivity contribution is -0.137. The van der Waals surface area contributed by atoms with Gasteiger partial charge in [0.05, 0.1) is 5.56 Å². The molecule has 0 aliphatic carbocycles. The molecule has 1 rings (SSSR count). The quantitative estimate of drug-likeness (QED) is 0.717. The SMILES string of the molecule is CC(CCC(=O)O)CNC(=O)c1ccccc1O. The maximum absolute atomic E-state index is 11.7. The van der Waals surface area contributed by atoms with Crippen LogP contribution in [0, 0.1) is 5.92 Å². The summed E-state index contributed by atoms with van der Waals surface area (Å²) in [6.45, 7) is 2.26. The molecule has 0 radical (unpaired) electrons. The molecule has 0 aromatic heterocycles. The highest BCUT2D eigenvalue weighted by Gasteiger charge is 2.11. The van der Waals surface area contributed by atoms with Gasteiger partial charge in [0.15, 0.2) is 0 Å². The highest BCUT2D eigenvalue weighted by Crippen LogP contribution is 2.15. The van der Waals surface area contributed by atoms with Crippen LogP contribution >= 0.6 is 0 Å². The second kappa shape index (κ2) is 6.64. The van der Waals surface area contributed by atoms with Crippen molar-refractivity contribution in [2.75, 3.05) is 6.54 Å². The van der Waals surface area contributed by atoms with E-state index in [9.17, 15) is 14.7 Å². The third-order valence-electron chi connectivity index (χ3n) is 2.61. The number of hydrogen-bond acceptors (Lipinski definition) is 3. The molecular weight excluding hydrogens is 234 g/mol. The van der Waals surface area contributed by atoms with E-state index in [2.05, 4.69) is 5.32 Å². The monoisotopic (exact) mass is 251 g/mol. The molecule has 0 fully saturated rings. The number of carboxylic acid groups (broad SMARTS) is 1. The number of carbonyl (C=O) groups is 2. The highest BCUT2D eigenvalue weighted by molar-refractivity contribution is 5.96. The third kappa shape index (κ3) is 4.45. The van der Waals surface area contributed by atoms with Crippen LogP contribution in [0.25, 0.3) is 0 Å². The zero-order valence-corrected chi connectivity index (χ0v) is 10.2. The highest BCUT2D eigenvalue weighted by atomic mass is 16.4. The van der Waals surface area contributed by atoms with Crippen molar-refractivity contribution in [2.45, 2.75) is 19.8 Å². The number of phenols is 1. The standard InChI is InChI=1S/C13H17NO4/c1-9(6-7-12(16)17)8-14-13(18)10-4-2-3-5-11(10)15/h2-5,9,15H,6-8H2,1H3,(H,14,18)(H,16,17). The first-order chi connectivity index (χ1) is 8.50. The topological polar surface area (TPSA) is 86.6 Å². The second-order valence-electron chi connectivity index (χ2n) is 4.26. The number of rotatable bonds is 6. The molecule has 0 bridgehead atoms. The van der Waals surface area contributed by atoms with Crippen LogP contribution in [-0.4, -0.2) is 28.6 Å². The molecule has 0 aliphatic heterocycles. The van der Waals surface area contributed by atoms with Crippen molar-refractivity contribution in [3.8, 4) is 5.75 Å². The van der Waals surface area contributed by atoms with Gasteiger partial charge in [-0.1, -0.05) is 19.1 Å². The third-order valence-corrected chi connectivity index (χ3v) is 2.61. The van der Waals surface area contributed by atoms with E-state index in [-0.39, 0.29) is 29.6 Å². The first-order valence-corrected chi connectivity index (χ1v) is 5.78. The molecule has 5 heteroatoms. The van der Waals surface area contributed by atoms with Gasteiger partial charge in [-0.25, -0.2) is 0 Å². The summed E-state index contributed by atoms with van der Waals surface area (Å²) >= 11 is 0. The smallest absolute Gasteiger partial charge is 0.303 e. The van der Waals surface area contributed by atoms with Crippen molar-refractivity contribution in [2.24, 2.45) is 5.92 Å². The summed E-state index contributed by atoms with van der Waals surface area (Å²) < 4.78 is 0. The van der Waals surface area contributed by atoms with Crippen LogP contribution in [0.2, 0.25) is 0 Å². The van der Waals surface area contributed by atoms with Crippen LogP contribution < -0.4 is 5.32 Å². The van der Waals surface area contributed by atoms with E-state index in [0.29, 0.717) is 13.0 Å². The first-order valence-electron chi connectivity index (χ1n) is 5.78. The molecule has 1 atom stereocenters. The molecule has 98 valence electrons. The summed E-state index contributed by atoms with van der Waals surface area (Å²) in [4.78, 5) is 22.1. The van der Waals surface area contributed by atoms with Gasteiger partial charge < -0.3 is 15.5 Å². The molecule has 0 saturated carbocycles. The zero-order valence-electron chi connectivity index (χ0n) is 10.2. The van der Waals surface area contributed by atoms with Gasteiger partial charge >= 0.3 is 5.97 Å². The van der Waals surface area contributed by atoms with E-state index in [0.717, 1.165) is 0 Å². The Morgan fingerprint density at radius 1 is 1.33 bits per heavy atom. The van der Waals surface area contributed by atoms with Gasteiger partial charge in [-0.15, -0.1) is 0 Å². The van der Waals surface area contributed by atoms with Crippen LogP contribution in [0.5, 0.6) is 5.75 Å². The van der Waals surface area contributed by atoms with Crippen LogP contribution in [-0.2, 0) is 4.79 Å². The minimum Gasteiger partial charge on any atom is -0.507 e. The number of phenolic OH excluding ortho intramolecular Hbond substituents is 1. The number of aromatic hydroxyl groups is 1. The van der Waals surface area contributed by atoms with E-state index in [1.807, 2.05) is 6.92 Å². The Kier molecular flexibility index (Phi) is 5.17. The summed E-state index contributed by atoms with van der Waals surface area (Å²) in [5.41, 5.74) is 0.225. The van der Waals surface area contributed by atoms with Crippen molar-refractivity contribution in [3.05, 3.63) is 29.8 Å². The summed E-state index contributed by atoms with van der Waals surface area (Å²) in [7, 11) is 0. The van der Waals surface area contributed by atoms with E-state index < -0.39 is 5.97 Å². The van der Waals surface area contributed by atoms with Crippen LogP contribution in [0.3, 0.4) is 0 Å². The number of benzene rings is 1. The lowest BCUT2D eigenvalue weighted by Crippen LogP contribution is -2.28. The van der Waals surface area contributed by atoms with Gasteiger partial charge in [-0.2, -0.15) is 0 Å². The Labute approximate surface area is 105 Å². The Balaban J connectivity index is 2.42. The summed E-state index contributed by atoms with van der Waals surface area (Å²) in [6, 6.07) is 6.29. The zero-order chi connectivity index (χ0) is 13.5. The van der Waals surface area contributed by atoms with Gasteiger partial charge in [-0.3, -0.25) is 9.59 Å². The van der Waals surface area contributed by atoms with Crippen LogP contribution in [0.4, 0.5) is 0 Å². The molecule has 1 unspecified atom stereocenters. The number of carbonyl (C=O) groups excluding carboxylic acids is 1. The lowest BCUT2D eigenvalue weighted by atomic mass is 10.1. The molecule has 1 aromatic rings. The second-order valence-corrected chi connectivity index (χ2v) is 4.26. The van der Waals surface area contributed by atoms with Gasteiger partial charge in [0, 0.05) is 13.0 Å². The maximum atomic E-state index is 11.7. The van der Waals surface area contributed by atoms with E-state index in [4.69, 9.17) is 5.11 Å². The van der Waals surface area contributed by atoms with Gasteiger partial charge in [0.2, 0.25) is 0 Å². The number of aliphatic carboxylic acids is 1. The summed E-state index contributed by atoms with van der Waals surface area (Å²) in [6.07, 6.45) is 0.601. The Bertz CT molecular complexity index is 431. The van der Waals surface area contributed by atoms with Crippen molar-refractivity contribution >= 4 is 11.9 Å². The molecule has 0 heterocycles. The van der Waals surface area contributed by atoms with E-state index in [1.165, 1.54) is 12.1 Å². The lowest BCUT2D eigenvalue weighted by Gasteiger charge is -2.11. The molecule has 18 heavy (non-hydrogen) atoms. The average molecular weight is 251 g/mol. The predicted octanol–water partition coefficient (Wildman–Crippen LogP) is 1.62. The number of para-hydroxylation sites is 1. The number of carboxylic acids is 1. The van der Waals surface area contributed by atoms with Gasteiger partial charge in [0.25, 0.3) is 5.91 Å². The fraction of sp³-hybridized carbons (Fsp3) is 0.385. The largest absolute Gasteiger partial charge is 0.507 e. The average Bonchev–Trinajstić information content (AvgIpc) is 2.34. The fourth-order valence-corrected chi connectivity index (χ4v) is 1.50. The first kappa shape index (κ1) is 14.0. The predicted molar refractivity (Wildman–Crippen MR) is 66.5 cm³/mol. The van der Waals surface area contributed by atoms with Crippen molar-refractivity contribution < 1.29 is 19.8 Å². The summed E-state index contributed by atoms with van der Waals surface area (Å²) in [5, 5.41) is 20.7. The van der Waals surface area contributed by atoms with E-state index in [1.54, 1.807) is 12.1 Å². The molecule has 0 spiro atoms. The van der Waals surface area contributed by atoms with Crippen molar-refractivity contribution in [1.29, 1.82) is 0 Å². The Morgan fingerprint density at radius 3 is 2.61 bits per heavy atom. The molecule has 0 saturated heterocycles. The Hall–Kier alpha value is -2.04. The fourth-order valence-electron chi connectivity index (χ4n) is 1.50. The molecule has 5 nitrogen and oxygen atoms in total. The Morgan fingerprint density at radius 2 is 2.00 bits per heavy atom. The maximum Gasteiger partial charge on any atom is 0.303 e. The van der Waals surface area contributed by atoms with Crippen molar-refractivity contribution in [1.82, 2.24) is 5.32 Å².